The van der Waals surface area contributed by atoms with E-state index in [1.54, 1.807) is 17.9 Å². The predicted octanol–water partition coefficient (Wildman–Crippen LogP) is 2.45. The first kappa shape index (κ1) is 18.1. The molecule has 31 heavy (non-hydrogen) atoms. The highest BCUT2D eigenvalue weighted by Gasteiger charge is 2.58. The third-order valence-corrected chi connectivity index (χ3v) is 6.78. The molecule has 6 rings (SSSR count). The Bertz CT molecular complexity index is 1380. The molecule has 3 heterocycles. The van der Waals surface area contributed by atoms with Crippen LogP contribution in [-0.4, -0.2) is 29.2 Å². The average molecular weight is 412 g/mol. The topological polar surface area (TPSA) is 91.6 Å². The number of aryl methyl sites for hydroxylation is 1. The molecule has 2 fully saturated rings. The van der Waals surface area contributed by atoms with Crippen LogP contribution in [0.4, 0.5) is 0 Å². The molecule has 2 aliphatic rings. The van der Waals surface area contributed by atoms with Crippen molar-refractivity contribution in [1.29, 1.82) is 0 Å². The van der Waals surface area contributed by atoms with Crippen LogP contribution in [0.25, 0.3) is 11.2 Å². The highest BCUT2D eigenvalue weighted by molar-refractivity contribution is 5.68. The lowest BCUT2D eigenvalue weighted by molar-refractivity contribution is 0.363. The van der Waals surface area contributed by atoms with Crippen LogP contribution >= 0.6 is 0 Å². The molecule has 8 nitrogen and oxygen atoms in total. The molecule has 0 N–H and O–H groups in total. The van der Waals surface area contributed by atoms with Crippen molar-refractivity contribution in [2.45, 2.75) is 31.2 Å². The third-order valence-electron chi connectivity index (χ3n) is 6.78. The van der Waals surface area contributed by atoms with E-state index in [0.717, 1.165) is 24.2 Å². The first-order chi connectivity index (χ1) is 15.1. The molecular weight excluding hydrogens is 392 g/mol. The molecular formula is C23H20N6O2. The molecule has 0 bridgehead atoms. The van der Waals surface area contributed by atoms with E-state index in [1.807, 2.05) is 12.1 Å². The molecule has 0 amide bonds. The Hall–Kier alpha value is -3.73. The summed E-state index contributed by atoms with van der Waals surface area (Å²) in [5.74, 6) is 5.96. The fourth-order valence-electron chi connectivity index (χ4n) is 5.15. The summed E-state index contributed by atoms with van der Waals surface area (Å²) in [6.07, 6.45) is 10.8. The zero-order chi connectivity index (χ0) is 21.1. The fourth-order valence-corrected chi connectivity index (χ4v) is 5.15. The van der Waals surface area contributed by atoms with Gasteiger partial charge in [0.2, 0.25) is 5.89 Å². The molecule has 2 aliphatic carbocycles. The monoisotopic (exact) mass is 412 g/mol. The van der Waals surface area contributed by atoms with Crippen LogP contribution in [0.3, 0.4) is 0 Å². The highest BCUT2D eigenvalue weighted by Crippen LogP contribution is 2.66. The molecule has 0 aliphatic heterocycles. The minimum Gasteiger partial charge on any atom is -0.337 e. The van der Waals surface area contributed by atoms with Crippen molar-refractivity contribution in [3.8, 4) is 12.3 Å². The van der Waals surface area contributed by atoms with Gasteiger partial charge in [0.05, 0.1) is 6.33 Å². The maximum Gasteiger partial charge on any atom is 0.280 e. The molecule has 8 heteroatoms. The second kappa shape index (κ2) is 6.64. The number of imidazole rings is 1. The van der Waals surface area contributed by atoms with Gasteiger partial charge in [-0.05, 0) is 48.3 Å². The number of hydrogen-bond acceptors (Lipinski definition) is 6. The predicted molar refractivity (Wildman–Crippen MR) is 112 cm³/mol. The summed E-state index contributed by atoms with van der Waals surface area (Å²) in [5.41, 5.74) is 2.99. The summed E-state index contributed by atoms with van der Waals surface area (Å²) >= 11 is 0. The zero-order valence-corrected chi connectivity index (χ0v) is 17.0. The number of aromatic nitrogens is 6. The first-order valence-corrected chi connectivity index (χ1v) is 10.4. The molecule has 0 spiro atoms. The summed E-state index contributed by atoms with van der Waals surface area (Å²) in [6, 6.07) is 8.33. The van der Waals surface area contributed by atoms with E-state index in [9.17, 15) is 4.79 Å². The van der Waals surface area contributed by atoms with E-state index in [-0.39, 0.29) is 12.1 Å². The third kappa shape index (κ3) is 2.88. The SMILES string of the molecule is C#Cc1ccc(C2C[C@@H]3C(c4noc(Cn5cnc6ncn(C)c6c5=O)n4)[C@@H]3C2)cc1. The van der Waals surface area contributed by atoms with Gasteiger partial charge >= 0.3 is 0 Å². The van der Waals surface area contributed by atoms with Gasteiger partial charge < -0.3 is 9.09 Å². The van der Waals surface area contributed by atoms with Crippen molar-refractivity contribution >= 4 is 11.2 Å². The standard InChI is InChI=1S/C23H20N6O2/c1-3-13-4-6-14(7-5-13)15-8-16-17(9-15)19(16)21-26-18(31-27-21)10-29-12-25-22-20(23(29)30)28(2)11-24-22/h1,4-7,11-12,15-17,19H,8-10H2,2H3/t15?,16-,17+,19?. The summed E-state index contributed by atoms with van der Waals surface area (Å²) in [7, 11) is 1.77. The molecule has 1 aromatic carbocycles. The first-order valence-electron chi connectivity index (χ1n) is 10.4. The van der Waals surface area contributed by atoms with Crippen LogP contribution in [-0.2, 0) is 13.6 Å². The van der Waals surface area contributed by atoms with Gasteiger partial charge in [-0.3, -0.25) is 9.36 Å². The zero-order valence-electron chi connectivity index (χ0n) is 17.0. The van der Waals surface area contributed by atoms with Crippen molar-refractivity contribution in [2.24, 2.45) is 18.9 Å². The molecule has 2 saturated carbocycles. The molecule has 4 atom stereocenters. The van der Waals surface area contributed by atoms with Gasteiger partial charge in [0, 0.05) is 18.5 Å². The second-order valence-electron chi connectivity index (χ2n) is 8.54. The number of terminal acetylenes is 1. The summed E-state index contributed by atoms with van der Waals surface area (Å²) in [4.78, 5) is 25.6. The van der Waals surface area contributed by atoms with E-state index < -0.39 is 0 Å². The van der Waals surface area contributed by atoms with Crippen LogP contribution in [0, 0.1) is 24.2 Å². The fraction of sp³-hybridized carbons (Fsp3) is 0.348. The van der Waals surface area contributed by atoms with E-state index in [0.29, 0.717) is 40.7 Å². The average Bonchev–Trinajstić information content (AvgIpc) is 3.21. The maximum absolute atomic E-state index is 12.7. The molecule has 0 radical (unpaired) electrons. The Labute approximate surface area is 177 Å². The van der Waals surface area contributed by atoms with Crippen LogP contribution in [0.1, 0.15) is 47.5 Å². The van der Waals surface area contributed by atoms with Crippen LogP contribution < -0.4 is 5.56 Å². The van der Waals surface area contributed by atoms with Crippen LogP contribution in [0.15, 0.2) is 46.2 Å². The van der Waals surface area contributed by atoms with Crippen LogP contribution in [0.2, 0.25) is 0 Å². The largest absolute Gasteiger partial charge is 0.337 e. The summed E-state index contributed by atoms with van der Waals surface area (Å²) in [5, 5.41) is 4.22. The van der Waals surface area contributed by atoms with Crippen molar-refractivity contribution < 1.29 is 4.52 Å². The Morgan fingerprint density at radius 2 is 1.90 bits per heavy atom. The van der Waals surface area contributed by atoms with Gasteiger partial charge in [0.15, 0.2) is 17.0 Å². The van der Waals surface area contributed by atoms with Gasteiger partial charge in [-0.15, -0.1) is 6.42 Å². The van der Waals surface area contributed by atoms with Crippen molar-refractivity contribution in [3.05, 3.63) is 70.1 Å². The minimum absolute atomic E-state index is 0.174. The van der Waals surface area contributed by atoms with Crippen molar-refractivity contribution in [1.82, 2.24) is 29.2 Å². The maximum atomic E-state index is 12.7. The number of hydrogen-bond donors (Lipinski definition) is 0. The lowest BCUT2D eigenvalue weighted by Crippen LogP contribution is -2.22. The van der Waals surface area contributed by atoms with E-state index in [4.69, 9.17) is 10.9 Å². The Morgan fingerprint density at radius 3 is 2.65 bits per heavy atom. The van der Waals surface area contributed by atoms with Gasteiger partial charge in [-0.2, -0.15) is 4.98 Å². The van der Waals surface area contributed by atoms with E-state index >= 15 is 0 Å². The summed E-state index contributed by atoms with van der Waals surface area (Å²) in [6.45, 7) is 0.201. The summed E-state index contributed by atoms with van der Waals surface area (Å²) < 4.78 is 8.61. The van der Waals surface area contributed by atoms with Gasteiger partial charge in [-0.1, -0.05) is 23.2 Å². The molecule has 2 unspecified atom stereocenters. The normalized spacial score (nSPS) is 24.3. The van der Waals surface area contributed by atoms with E-state index in [2.05, 4.69) is 38.2 Å². The lowest BCUT2D eigenvalue weighted by Gasteiger charge is -2.13. The quantitative estimate of drug-likeness (QED) is 0.478. The van der Waals surface area contributed by atoms with E-state index in [1.165, 1.54) is 16.5 Å². The van der Waals surface area contributed by atoms with Gasteiger partial charge in [-0.25, -0.2) is 9.97 Å². The molecule has 3 aromatic heterocycles. The highest BCUT2D eigenvalue weighted by atomic mass is 16.5. The smallest absolute Gasteiger partial charge is 0.280 e. The van der Waals surface area contributed by atoms with Crippen molar-refractivity contribution in [3.63, 3.8) is 0 Å². The molecule has 154 valence electrons. The Balaban J connectivity index is 1.15. The Morgan fingerprint density at radius 1 is 1.16 bits per heavy atom. The molecule has 4 aromatic rings. The molecule has 0 saturated heterocycles. The van der Waals surface area contributed by atoms with Crippen LogP contribution in [0.5, 0.6) is 0 Å². The van der Waals surface area contributed by atoms with Crippen molar-refractivity contribution in [2.75, 3.05) is 0 Å². The number of fused-ring (bicyclic) bond motifs is 2. The second-order valence-corrected chi connectivity index (χ2v) is 8.54. The minimum atomic E-state index is -0.174. The van der Waals surface area contributed by atoms with Gasteiger partial charge in [0.1, 0.15) is 12.9 Å². The number of benzene rings is 1. The number of rotatable bonds is 4. The number of nitrogens with zero attached hydrogens (tertiary/aromatic N) is 6. The lowest BCUT2D eigenvalue weighted by atomic mass is 9.91. The van der Waals surface area contributed by atoms with Gasteiger partial charge in [0.25, 0.3) is 5.56 Å². The Kier molecular flexibility index (Phi) is 3.87.